The number of hydrogen-bond acceptors (Lipinski definition) is 4. The molecule has 0 radical (unpaired) electrons. The zero-order chi connectivity index (χ0) is 23.8. The van der Waals surface area contributed by atoms with E-state index in [1.54, 1.807) is 30.3 Å². The van der Waals surface area contributed by atoms with Crippen molar-refractivity contribution >= 4 is 29.1 Å². The van der Waals surface area contributed by atoms with Gasteiger partial charge in [-0.25, -0.2) is 0 Å². The van der Waals surface area contributed by atoms with Crippen molar-refractivity contribution in [2.45, 2.75) is 52.0 Å². The highest BCUT2D eigenvalue weighted by Crippen LogP contribution is 2.17. The Kier molecular flexibility index (Phi) is 8.09. The van der Waals surface area contributed by atoms with Gasteiger partial charge in [-0.3, -0.25) is 14.4 Å². The van der Waals surface area contributed by atoms with E-state index in [0.29, 0.717) is 22.5 Å². The van der Waals surface area contributed by atoms with E-state index in [1.165, 1.54) is 12.8 Å². The topological polar surface area (TPSA) is 90.5 Å². The first-order valence-electron chi connectivity index (χ1n) is 11.6. The van der Waals surface area contributed by atoms with Gasteiger partial charge in [0.25, 0.3) is 11.8 Å². The molecule has 0 saturated carbocycles. The molecule has 1 heterocycles. The van der Waals surface area contributed by atoms with E-state index in [4.69, 9.17) is 0 Å². The molecule has 0 aliphatic carbocycles. The van der Waals surface area contributed by atoms with Gasteiger partial charge in [-0.1, -0.05) is 25.0 Å². The minimum atomic E-state index is -0.344. The molecule has 0 unspecified atom stereocenters. The standard InChI is InChI=1S/C26H34N4O3/c1-26(2,3)29-24(32)19-10-8-13-22(16-19)28-23(31)18-27-21-12-9-11-20(17-21)25(33)30-14-6-4-5-7-15-30/h8-13,16-17,27H,4-7,14-15,18H2,1-3H3,(H,28,31)(H,29,32). The summed E-state index contributed by atoms with van der Waals surface area (Å²) in [6.07, 6.45) is 4.43. The van der Waals surface area contributed by atoms with Gasteiger partial charge in [-0.05, 0) is 70.0 Å². The Morgan fingerprint density at radius 1 is 0.848 bits per heavy atom. The maximum atomic E-state index is 12.8. The lowest BCUT2D eigenvalue weighted by Crippen LogP contribution is -2.40. The van der Waals surface area contributed by atoms with Crippen LogP contribution in [0.15, 0.2) is 48.5 Å². The number of benzene rings is 2. The molecule has 3 N–H and O–H groups in total. The number of carbonyl (C=O) groups excluding carboxylic acids is 3. The highest BCUT2D eigenvalue weighted by molar-refractivity contribution is 5.98. The van der Waals surface area contributed by atoms with Crippen molar-refractivity contribution < 1.29 is 14.4 Å². The van der Waals surface area contributed by atoms with Crippen LogP contribution >= 0.6 is 0 Å². The molecule has 0 aromatic heterocycles. The Balaban J connectivity index is 1.56. The monoisotopic (exact) mass is 450 g/mol. The summed E-state index contributed by atoms with van der Waals surface area (Å²) in [5, 5.41) is 8.80. The van der Waals surface area contributed by atoms with Crippen LogP contribution in [0.4, 0.5) is 11.4 Å². The fourth-order valence-corrected chi connectivity index (χ4v) is 3.76. The average molecular weight is 451 g/mol. The molecule has 2 aromatic rings. The van der Waals surface area contributed by atoms with Crippen molar-refractivity contribution in [2.75, 3.05) is 30.3 Å². The lowest BCUT2D eigenvalue weighted by Gasteiger charge is -2.21. The minimum absolute atomic E-state index is 0.0374. The number of amides is 3. The SMILES string of the molecule is CC(C)(C)NC(=O)c1cccc(NC(=O)CNc2cccc(C(=O)N3CCCCCC3)c2)c1. The third kappa shape index (κ3) is 7.63. The lowest BCUT2D eigenvalue weighted by atomic mass is 10.1. The third-order valence-electron chi connectivity index (χ3n) is 5.35. The van der Waals surface area contributed by atoms with E-state index >= 15 is 0 Å². The van der Waals surface area contributed by atoms with Crippen molar-refractivity contribution in [2.24, 2.45) is 0 Å². The summed E-state index contributed by atoms with van der Waals surface area (Å²) >= 11 is 0. The minimum Gasteiger partial charge on any atom is -0.376 e. The number of likely N-dealkylation sites (tertiary alicyclic amines) is 1. The predicted octanol–water partition coefficient (Wildman–Crippen LogP) is 4.28. The van der Waals surface area contributed by atoms with Gasteiger partial charge in [-0.2, -0.15) is 0 Å². The highest BCUT2D eigenvalue weighted by atomic mass is 16.2. The molecule has 0 atom stereocenters. The van der Waals surface area contributed by atoms with Gasteiger partial charge in [0.05, 0.1) is 6.54 Å². The Labute approximate surface area is 195 Å². The normalized spacial score (nSPS) is 14.2. The van der Waals surface area contributed by atoms with Gasteiger partial charge < -0.3 is 20.9 Å². The maximum absolute atomic E-state index is 12.8. The van der Waals surface area contributed by atoms with Crippen molar-refractivity contribution in [3.63, 3.8) is 0 Å². The molecule has 176 valence electrons. The number of anilines is 2. The summed E-state index contributed by atoms with van der Waals surface area (Å²) in [4.78, 5) is 39.6. The Hall–Kier alpha value is -3.35. The molecule has 1 aliphatic heterocycles. The first-order chi connectivity index (χ1) is 15.7. The lowest BCUT2D eigenvalue weighted by molar-refractivity contribution is -0.114. The van der Waals surface area contributed by atoms with E-state index in [1.807, 2.05) is 43.9 Å². The summed E-state index contributed by atoms with van der Waals surface area (Å²) in [5.74, 6) is -0.398. The molecule has 1 saturated heterocycles. The number of nitrogens with zero attached hydrogens (tertiary/aromatic N) is 1. The summed E-state index contributed by atoms with van der Waals surface area (Å²) in [6, 6.07) is 14.1. The van der Waals surface area contributed by atoms with Crippen LogP contribution in [0.25, 0.3) is 0 Å². The first-order valence-corrected chi connectivity index (χ1v) is 11.6. The molecule has 3 rings (SSSR count). The molecule has 1 aliphatic rings. The Morgan fingerprint density at radius 3 is 2.12 bits per heavy atom. The van der Waals surface area contributed by atoms with Crippen LogP contribution in [0.3, 0.4) is 0 Å². The van der Waals surface area contributed by atoms with Gasteiger partial charge in [0.2, 0.25) is 5.91 Å². The molecule has 0 spiro atoms. The zero-order valence-electron chi connectivity index (χ0n) is 19.7. The molecule has 3 amide bonds. The fourth-order valence-electron chi connectivity index (χ4n) is 3.76. The van der Waals surface area contributed by atoms with Crippen molar-refractivity contribution in [1.29, 1.82) is 0 Å². The molecule has 0 bridgehead atoms. The second-order valence-corrected chi connectivity index (χ2v) is 9.47. The zero-order valence-corrected chi connectivity index (χ0v) is 19.7. The van der Waals surface area contributed by atoms with E-state index in [2.05, 4.69) is 16.0 Å². The van der Waals surface area contributed by atoms with Crippen LogP contribution in [0, 0.1) is 0 Å². The van der Waals surface area contributed by atoms with E-state index in [0.717, 1.165) is 25.9 Å². The smallest absolute Gasteiger partial charge is 0.253 e. The number of rotatable bonds is 6. The first kappa shape index (κ1) is 24.3. The van der Waals surface area contributed by atoms with Gasteiger partial charge in [0, 0.05) is 41.1 Å². The molecule has 7 heteroatoms. The van der Waals surface area contributed by atoms with Crippen LogP contribution in [-0.2, 0) is 4.79 Å². The van der Waals surface area contributed by atoms with Gasteiger partial charge in [-0.15, -0.1) is 0 Å². The second-order valence-electron chi connectivity index (χ2n) is 9.47. The maximum Gasteiger partial charge on any atom is 0.253 e. The summed E-state index contributed by atoms with van der Waals surface area (Å²) in [5.41, 5.74) is 2.02. The highest BCUT2D eigenvalue weighted by Gasteiger charge is 2.18. The van der Waals surface area contributed by atoms with E-state index in [-0.39, 0.29) is 29.8 Å². The van der Waals surface area contributed by atoms with Gasteiger partial charge in [0.15, 0.2) is 0 Å². The van der Waals surface area contributed by atoms with Crippen molar-refractivity contribution in [1.82, 2.24) is 10.2 Å². The summed E-state index contributed by atoms with van der Waals surface area (Å²) in [7, 11) is 0. The van der Waals surface area contributed by atoms with Crippen molar-refractivity contribution in [3.05, 3.63) is 59.7 Å². The second kappa shape index (κ2) is 11.0. The molecular formula is C26H34N4O3. The Morgan fingerprint density at radius 2 is 1.45 bits per heavy atom. The van der Waals surface area contributed by atoms with E-state index < -0.39 is 0 Å². The van der Waals surface area contributed by atoms with Crippen LogP contribution in [-0.4, -0.2) is 47.8 Å². The van der Waals surface area contributed by atoms with Gasteiger partial charge in [0.1, 0.15) is 0 Å². The molecule has 7 nitrogen and oxygen atoms in total. The molecule has 33 heavy (non-hydrogen) atoms. The predicted molar refractivity (Wildman–Crippen MR) is 132 cm³/mol. The van der Waals surface area contributed by atoms with Gasteiger partial charge >= 0.3 is 0 Å². The van der Waals surface area contributed by atoms with Crippen LogP contribution < -0.4 is 16.0 Å². The van der Waals surface area contributed by atoms with Crippen molar-refractivity contribution in [3.8, 4) is 0 Å². The quantitative estimate of drug-likeness (QED) is 0.613. The molecule has 1 fully saturated rings. The molecule has 2 aromatic carbocycles. The van der Waals surface area contributed by atoms with Crippen LogP contribution in [0.2, 0.25) is 0 Å². The number of carbonyl (C=O) groups is 3. The van der Waals surface area contributed by atoms with Crippen LogP contribution in [0.5, 0.6) is 0 Å². The summed E-state index contributed by atoms with van der Waals surface area (Å²) < 4.78 is 0. The fraction of sp³-hybridized carbons (Fsp3) is 0.423. The Bertz CT molecular complexity index is 989. The average Bonchev–Trinajstić information content (AvgIpc) is 3.06. The summed E-state index contributed by atoms with van der Waals surface area (Å²) in [6.45, 7) is 7.38. The number of hydrogen-bond donors (Lipinski definition) is 3. The third-order valence-corrected chi connectivity index (χ3v) is 5.35. The van der Waals surface area contributed by atoms with Crippen LogP contribution in [0.1, 0.15) is 67.2 Å². The largest absolute Gasteiger partial charge is 0.376 e. The van der Waals surface area contributed by atoms with E-state index in [9.17, 15) is 14.4 Å². The molecular weight excluding hydrogens is 416 g/mol. The number of nitrogens with one attached hydrogen (secondary N) is 3.